The molecule has 0 saturated heterocycles. The van der Waals surface area contributed by atoms with Gasteiger partial charge in [-0.2, -0.15) is 0 Å². The molecule has 12 heavy (non-hydrogen) atoms. The van der Waals surface area contributed by atoms with E-state index in [1.165, 1.54) is 12.8 Å². The minimum absolute atomic E-state index is 0.377. The van der Waals surface area contributed by atoms with Gasteiger partial charge in [0.25, 0.3) is 0 Å². The Kier molecular flexibility index (Phi) is 2.28. The standard InChI is InChI=1S/C11H23N/c1-8(2)6-7-11(5)9(12)10(11,3)4/h8-9H,6-7,12H2,1-5H3. The molecular weight excluding hydrogens is 146 g/mol. The van der Waals surface area contributed by atoms with Crippen molar-refractivity contribution in [2.75, 3.05) is 0 Å². The van der Waals surface area contributed by atoms with Crippen molar-refractivity contribution in [1.82, 2.24) is 0 Å². The van der Waals surface area contributed by atoms with E-state index in [1.807, 2.05) is 0 Å². The summed E-state index contributed by atoms with van der Waals surface area (Å²) in [6.45, 7) is 11.5. The first-order valence-electron chi connectivity index (χ1n) is 5.08. The minimum Gasteiger partial charge on any atom is -0.327 e. The van der Waals surface area contributed by atoms with Crippen molar-refractivity contribution in [3.8, 4) is 0 Å². The fourth-order valence-electron chi connectivity index (χ4n) is 2.18. The summed E-state index contributed by atoms with van der Waals surface area (Å²) in [5, 5.41) is 0. The van der Waals surface area contributed by atoms with Gasteiger partial charge in [0, 0.05) is 6.04 Å². The minimum atomic E-state index is 0.377. The lowest BCUT2D eigenvalue weighted by Crippen LogP contribution is -2.11. The van der Waals surface area contributed by atoms with E-state index in [-0.39, 0.29) is 0 Å². The Hall–Kier alpha value is -0.0400. The van der Waals surface area contributed by atoms with E-state index in [9.17, 15) is 0 Å². The Morgan fingerprint density at radius 3 is 1.92 bits per heavy atom. The van der Waals surface area contributed by atoms with Crippen LogP contribution < -0.4 is 5.73 Å². The lowest BCUT2D eigenvalue weighted by Gasteiger charge is -2.15. The Bertz CT molecular complexity index is 172. The summed E-state index contributed by atoms with van der Waals surface area (Å²) in [7, 11) is 0. The number of hydrogen-bond donors (Lipinski definition) is 1. The molecule has 1 fully saturated rings. The van der Waals surface area contributed by atoms with Gasteiger partial charge in [-0.3, -0.25) is 0 Å². The Labute approximate surface area is 76.7 Å². The molecule has 1 rings (SSSR count). The molecule has 0 aliphatic heterocycles. The third-order valence-corrected chi connectivity index (χ3v) is 4.09. The zero-order valence-electron chi connectivity index (χ0n) is 9.15. The molecule has 0 aromatic carbocycles. The lowest BCUT2D eigenvalue weighted by atomic mass is 9.90. The first-order valence-corrected chi connectivity index (χ1v) is 5.08. The van der Waals surface area contributed by atoms with E-state index in [0.29, 0.717) is 16.9 Å². The summed E-state index contributed by atoms with van der Waals surface area (Å²) in [6, 6.07) is 0.420. The molecule has 0 aromatic rings. The van der Waals surface area contributed by atoms with Gasteiger partial charge in [0.05, 0.1) is 0 Å². The van der Waals surface area contributed by atoms with Crippen molar-refractivity contribution < 1.29 is 0 Å². The molecule has 0 aromatic heterocycles. The van der Waals surface area contributed by atoms with Crippen LogP contribution in [0.15, 0.2) is 0 Å². The molecule has 72 valence electrons. The second kappa shape index (κ2) is 2.73. The van der Waals surface area contributed by atoms with Crippen LogP contribution in [0, 0.1) is 16.7 Å². The van der Waals surface area contributed by atoms with Gasteiger partial charge in [-0.15, -0.1) is 0 Å². The van der Waals surface area contributed by atoms with Crippen molar-refractivity contribution >= 4 is 0 Å². The highest BCUT2D eigenvalue weighted by molar-refractivity contribution is 5.18. The summed E-state index contributed by atoms with van der Waals surface area (Å²) in [5.74, 6) is 0.811. The van der Waals surface area contributed by atoms with Crippen molar-refractivity contribution in [3.05, 3.63) is 0 Å². The summed E-state index contributed by atoms with van der Waals surface area (Å²) >= 11 is 0. The Morgan fingerprint density at radius 2 is 1.67 bits per heavy atom. The molecule has 0 spiro atoms. The van der Waals surface area contributed by atoms with Gasteiger partial charge >= 0.3 is 0 Å². The highest BCUT2D eigenvalue weighted by atomic mass is 14.9. The fraction of sp³-hybridized carbons (Fsp3) is 1.00. The molecule has 1 nitrogen and oxygen atoms in total. The molecule has 1 aliphatic carbocycles. The molecular formula is C11H23N. The van der Waals surface area contributed by atoms with Crippen LogP contribution in [-0.2, 0) is 0 Å². The predicted octanol–water partition coefficient (Wildman–Crippen LogP) is 2.80. The maximum absolute atomic E-state index is 6.06. The van der Waals surface area contributed by atoms with Crippen molar-refractivity contribution in [2.24, 2.45) is 22.5 Å². The molecule has 2 N–H and O–H groups in total. The molecule has 2 unspecified atom stereocenters. The highest BCUT2D eigenvalue weighted by Crippen LogP contribution is 2.64. The summed E-state index contributed by atoms with van der Waals surface area (Å²) in [6.07, 6.45) is 2.60. The monoisotopic (exact) mass is 169 g/mol. The number of hydrogen-bond acceptors (Lipinski definition) is 1. The normalized spacial score (nSPS) is 38.8. The highest BCUT2D eigenvalue weighted by Gasteiger charge is 2.65. The first kappa shape index (κ1) is 10.0. The third-order valence-electron chi connectivity index (χ3n) is 4.09. The van der Waals surface area contributed by atoms with Gasteiger partial charge in [-0.05, 0) is 23.2 Å². The smallest absolute Gasteiger partial charge is 0.0156 e. The van der Waals surface area contributed by atoms with Crippen molar-refractivity contribution in [2.45, 2.75) is 53.5 Å². The van der Waals surface area contributed by atoms with Crippen LogP contribution in [0.2, 0.25) is 0 Å². The molecule has 0 radical (unpaired) electrons. The topological polar surface area (TPSA) is 26.0 Å². The van der Waals surface area contributed by atoms with Gasteiger partial charge in [-0.25, -0.2) is 0 Å². The largest absolute Gasteiger partial charge is 0.327 e. The average molecular weight is 169 g/mol. The molecule has 1 saturated carbocycles. The second-order valence-corrected chi connectivity index (χ2v) is 5.55. The summed E-state index contributed by atoms with van der Waals surface area (Å²) < 4.78 is 0. The SMILES string of the molecule is CC(C)CCC1(C)C(N)C1(C)C. The van der Waals surface area contributed by atoms with E-state index >= 15 is 0 Å². The second-order valence-electron chi connectivity index (χ2n) is 5.55. The maximum Gasteiger partial charge on any atom is 0.0156 e. The van der Waals surface area contributed by atoms with Gasteiger partial charge in [-0.1, -0.05) is 41.0 Å². The van der Waals surface area contributed by atoms with Gasteiger partial charge in [0.1, 0.15) is 0 Å². The quantitative estimate of drug-likeness (QED) is 0.690. The van der Waals surface area contributed by atoms with E-state index in [0.717, 1.165) is 5.92 Å². The van der Waals surface area contributed by atoms with Crippen LogP contribution in [0.1, 0.15) is 47.5 Å². The van der Waals surface area contributed by atoms with Crippen LogP contribution in [-0.4, -0.2) is 6.04 Å². The first-order chi connectivity index (χ1) is 5.32. The Morgan fingerprint density at radius 1 is 1.25 bits per heavy atom. The zero-order valence-corrected chi connectivity index (χ0v) is 9.15. The van der Waals surface area contributed by atoms with Gasteiger partial charge in [0.2, 0.25) is 0 Å². The van der Waals surface area contributed by atoms with E-state index < -0.39 is 0 Å². The van der Waals surface area contributed by atoms with Crippen LogP contribution in [0.3, 0.4) is 0 Å². The van der Waals surface area contributed by atoms with E-state index in [1.54, 1.807) is 0 Å². The fourth-order valence-corrected chi connectivity index (χ4v) is 2.18. The maximum atomic E-state index is 6.06. The average Bonchev–Trinajstić information content (AvgIpc) is 2.32. The van der Waals surface area contributed by atoms with Crippen LogP contribution >= 0.6 is 0 Å². The number of nitrogens with two attached hydrogens (primary N) is 1. The molecule has 0 heterocycles. The summed E-state index contributed by atoms with van der Waals surface area (Å²) in [4.78, 5) is 0. The predicted molar refractivity (Wildman–Crippen MR) is 53.9 cm³/mol. The van der Waals surface area contributed by atoms with Crippen LogP contribution in [0.4, 0.5) is 0 Å². The van der Waals surface area contributed by atoms with Crippen molar-refractivity contribution in [1.29, 1.82) is 0 Å². The van der Waals surface area contributed by atoms with Crippen LogP contribution in [0.25, 0.3) is 0 Å². The third kappa shape index (κ3) is 1.28. The van der Waals surface area contributed by atoms with Gasteiger partial charge < -0.3 is 5.73 Å². The van der Waals surface area contributed by atoms with E-state index in [2.05, 4.69) is 34.6 Å². The Balaban J connectivity index is 2.44. The van der Waals surface area contributed by atoms with Crippen LogP contribution in [0.5, 0.6) is 0 Å². The van der Waals surface area contributed by atoms with E-state index in [4.69, 9.17) is 5.73 Å². The molecule has 2 atom stereocenters. The number of rotatable bonds is 3. The summed E-state index contributed by atoms with van der Waals surface area (Å²) in [5.41, 5.74) is 6.86. The lowest BCUT2D eigenvalue weighted by molar-refractivity contribution is 0.353. The molecule has 0 amide bonds. The zero-order chi connectivity index (χ0) is 9.57. The molecule has 1 heteroatoms. The molecule has 1 aliphatic rings. The molecule has 0 bridgehead atoms. The van der Waals surface area contributed by atoms with Crippen molar-refractivity contribution in [3.63, 3.8) is 0 Å². The van der Waals surface area contributed by atoms with Gasteiger partial charge in [0.15, 0.2) is 0 Å².